The molecule has 0 bridgehead atoms. The highest BCUT2D eigenvalue weighted by atomic mass is 35.5. The standard InChI is InChI=1S/C12H10ClNO3/c13-11-9-8-6(4-5-14-11)2-1-3-7(8)17-10(9)12(15)16/h1-3,11,14H,4-5H2,(H,15,16). The van der Waals surface area contributed by atoms with E-state index in [4.69, 9.17) is 21.1 Å². The fourth-order valence-electron chi connectivity index (χ4n) is 2.29. The molecule has 1 aromatic heterocycles. The Balaban J connectivity index is 2.41. The molecule has 2 N–H and O–H groups in total. The third-order valence-electron chi connectivity index (χ3n) is 3.00. The Morgan fingerprint density at radius 3 is 3.12 bits per heavy atom. The van der Waals surface area contributed by atoms with Gasteiger partial charge in [-0.3, -0.25) is 5.32 Å². The van der Waals surface area contributed by atoms with Gasteiger partial charge in [-0.1, -0.05) is 12.1 Å². The maximum Gasteiger partial charge on any atom is 0.372 e. The van der Waals surface area contributed by atoms with Gasteiger partial charge in [-0.05, 0) is 18.1 Å². The van der Waals surface area contributed by atoms with Crippen molar-refractivity contribution in [3.63, 3.8) is 0 Å². The van der Waals surface area contributed by atoms with E-state index >= 15 is 0 Å². The van der Waals surface area contributed by atoms with Gasteiger partial charge in [0.25, 0.3) is 0 Å². The van der Waals surface area contributed by atoms with Gasteiger partial charge in [0, 0.05) is 17.5 Å². The van der Waals surface area contributed by atoms with Crippen molar-refractivity contribution < 1.29 is 14.3 Å². The van der Waals surface area contributed by atoms with Crippen LogP contribution in [0.4, 0.5) is 0 Å². The van der Waals surface area contributed by atoms with Crippen LogP contribution < -0.4 is 5.32 Å². The lowest BCUT2D eigenvalue weighted by atomic mass is 10.0. The zero-order valence-electron chi connectivity index (χ0n) is 8.87. The van der Waals surface area contributed by atoms with Gasteiger partial charge in [0.1, 0.15) is 11.1 Å². The van der Waals surface area contributed by atoms with E-state index in [1.807, 2.05) is 12.1 Å². The number of halogens is 1. The molecule has 0 fully saturated rings. The largest absolute Gasteiger partial charge is 0.475 e. The molecule has 0 amide bonds. The molecule has 0 saturated carbocycles. The third kappa shape index (κ3) is 1.52. The molecule has 1 aromatic carbocycles. The van der Waals surface area contributed by atoms with Crippen LogP contribution >= 0.6 is 11.6 Å². The summed E-state index contributed by atoms with van der Waals surface area (Å²) in [4.78, 5) is 11.2. The van der Waals surface area contributed by atoms with Crippen molar-refractivity contribution >= 4 is 28.5 Å². The van der Waals surface area contributed by atoms with Crippen molar-refractivity contribution in [2.75, 3.05) is 6.54 Å². The molecule has 4 nitrogen and oxygen atoms in total. The number of aromatic carboxylic acids is 1. The summed E-state index contributed by atoms with van der Waals surface area (Å²) >= 11 is 6.17. The first-order valence-electron chi connectivity index (χ1n) is 5.33. The smallest absolute Gasteiger partial charge is 0.372 e. The molecule has 1 aliphatic heterocycles. The molecule has 5 heteroatoms. The molecule has 1 aliphatic rings. The van der Waals surface area contributed by atoms with Crippen LogP contribution in [-0.2, 0) is 6.42 Å². The first-order valence-corrected chi connectivity index (χ1v) is 5.77. The van der Waals surface area contributed by atoms with Gasteiger partial charge in [-0.25, -0.2) is 4.79 Å². The molecule has 1 atom stereocenters. The Bertz CT molecular complexity index is 605. The van der Waals surface area contributed by atoms with Gasteiger partial charge >= 0.3 is 5.97 Å². The van der Waals surface area contributed by atoms with Crippen molar-refractivity contribution in [2.24, 2.45) is 0 Å². The normalized spacial score (nSPS) is 19.2. The van der Waals surface area contributed by atoms with E-state index in [0.29, 0.717) is 11.1 Å². The summed E-state index contributed by atoms with van der Waals surface area (Å²) in [5.41, 5.74) is 1.68. The van der Waals surface area contributed by atoms with Crippen LogP contribution in [0.25, 0.3) is 11.0 Å². The van der Waals surface area contributed by atoms with Crippen LogP contribution in [-0.4, -0.2) is 17.6 Å². The summed E-state index contributed by atoms with van der Waals surface area (Å²) in [6, 6.07) is 5.61. The molecule has 0 saturated heterocycles. The second-order valence-electron chi connectivity index (χ2n) is 4.01. The van der Waals surface area contributed by atoms with E-state index in [1.165, 1.54) is 0 Å². The van der Waals surface area contributed by atoms with Gasteiger partial charge < -0.3 is 9.52 Å². The van der Waals surface area contributed by atoms with Crippen LogP contribution in [0.2, 0.25) is 0 Å². The number of carboxylic acid groups (broad SMARTS) is 1. The highest BCUT2D eigenvalue weighted by molar-refractivity contribution is 6.22. The maximum absolute atomic E-state index is 11.2. The number of furan rings is 1. The fourth-order valence-corrected chi connectivity index (χ4v) is 2.61. The number of hydrogen-bond acceptors (Lipinski definition) is 3. The number of nitrogens with one attached hydrogen (secondary N) is 1. The lowest BCUT2D eigenvalue weighted by Crippen LogP contribution is -2.18. The summed E-state index contributed by atoms with van der Waals surface area (Å²) < 4.78 is 5.37. The lowest BCUT2D eigenvalue weighted by molar-refractivity contribution is 0.0663. The van der Waals surface area contributed by atoms with E-state index in [-0.39, 0.29) is 5.76 Å². The summed E-state index contributed by atoms with van der Waals surface area (Å²) in [6.45, 7) is 0.723. The summed E-state index contributed by atoms with van der Waals surface area (Å²) in [6.07, 6.45) is 0.812. The second-order valence-corrected chi connectivity index (χ2v) is 4.44. The van der Waals surface area contributed by atoms with Gasteiger partial charge in [-0.15, -0.1) is 11.6 Å². The van der Waals surface area contributed by atoms with Crippen LogP contribution in [0.3, 0.4) is 0 Å². The van der Waals surface area contributed by atoms with Crippen LogP contribution in [0.1, 0.15) is 27.2 Å². The summed E-state index contributed by atoms with van der Waals surface area (Å²) in [7, 11) is 0. The Hall–Kier alpha value is -1.52. The minimum absolute atomic E-state index is 0.0677. The van der Waals surface area contributed by atoms with Crippen molar-refractivity contribution in [2.45, 2.75) is 11.9 Å². The predicted molar refractivity (Wildman–Crippen MR) is 63.5 cm³/mol. The summed E-state index contributed by atoms with van der Waals surface area (Å²) in [5, 5.41) is 13.1. The number of hydrogen-bond donors (Lipinski definition) is 2. The van der Waals surface area contributed by atoms with Gasteiger partial charge in [0.2, 0.25) is 5.76 Å². The molecular formula is C12H10ClNO3. The first-order chi connectivity index (χ1) is 8.18. The Labute approximate surface area is 102 Å². The monoisotopic (exact) mass is 251 g/mol. The van der Waals surface area contributed by atoms with E-state index < -0.39 is 11.5 Å². The number of benzene rings is 1. The Morgan fingerprint density at radius 1 is 1.53 bits per heavy atom. The summed E-state index contributed by atoms with van der Waals surface area (Å²) in [5.74, 6) is -1.15. The molecule has 0 spiro atoms. The van der Waals surface area contributed by atoms with E-state index in [1.54, 1.807) is 6.07 Å². The number of alkyl halides is 1. The number of carbonyl (C=O) groups is 1. The van der Waals surface area contributed by atoms with Gasteiger partial charge in [0.15, 0.2) is 0 Å². The molecule has 2 aromatic rings. The zero-order chi connectivity index (χ0) is 12.0. The van der Waals surface area contributed by atoms with Crippen LogP contribution in [0.15, 0.2) is 22.6 Å². The van der Waals surface area contributed by atoms with E-state index in [0.717, 1.165) is 23.9 Å². The van der Waals surface area contributed by atoms with Crippen LogP contribution in [0, 0.1) is 0 Å². The van der Waals surface area contributed by atoms with Crippen molar-refractivity contribution in [3.05, 3.63) is 35.1 Å². The second kappa shape index (κ2) is 3.75. The van der Waals surface area contributed by atoms with E-state index in [9.17, 15) is 4.79 Å². The molecule has 0 radical (unpaired) electrons. The SMILES string of the molecule is O=C(O)c1oc2cccc3c2c1C(Cl)NCC3. The van der Waals surface area contributed by atoms with Crippen LogP contribution in [0.5, 0.6) is 0 Å². The third-order valence-corrected chi connectivity index (χ3v) is 3.38. The lowest BCUT2D eigenvalue weighted by Gasteiger charge is -2.07. The molecule has 2 heterocycles. The molecule has 1 unspecified atom stereocenters. The van der Waals surface area contributed by atoms with Gasteiger partial charge in [0.05, 0.1) is 0 Å². The molecule has 3 rings (SSSR count). The Kier molecular flexibility index (Phi) is 2.34. The molecule has 17 heavy (non-hydrogen) atoms. The fraction of sp³-hybridized carbons (Fsp3) is 0.250. The minimum atomic E-state index is -1.09. The highest BCUT2D eigenvalue weighted by Crippen LogP contribution is 2.36. The number of rotatable bonds is 1. The van der Waals surface area contributed by atoms with E-state index in [2.05, 4.69) is 5.32 Å². The zero-order valence-corrected chi connectivity index (χ0v) is 9.62. The molecular weight excluding hydrogens is 242 g/mol. The predicted octanol–water partition coefficient (Wildman–Crippen LogP) is 2.51. The average molecular weight is 252 g/mol. The Morgan fingerprint density at radius 2 is 2.35 bits per heavy atom. The molecule has 88 valence electrons. The first kappa shape index (κ1) is 10.6. The quantitative estimate of drug-likeness (QED) is 0.604. The van der Waals surface area contributed by atoms with Crippen molar-refractivity contribution in [1.82, 2.24) is 5.32 Å². The number of carboxylic acids is 1. The topological polar surface area (TPSA) is 62.5 Å². The van der Waals surface area contributed by atoms with Gasteiger partial charge in [-0.2, -0.15) is 0 Å². The maximum atomic E-state index is 11.2. The minimum Gasteiger partial charge on any atom is -0.475 e. The molecule has 0 aliphatic carbocycles. The van der Waals surface area contributed by atoms with Crippen molar-refractivity contribution in [1.29, 1.82) is 0 Å². The highest BCUT2D eigenvalue weighted by Gasteiger charge is 2.28. The average Bonchev–Trinajstić information content (AvgIpc) is 2.60. The van der Waals surface area contributed by atoms with Crippen molar-refractivity contribution in [3.8, 4) is 0 Å².